The van der Waals surface area contributed by atoms with Crippen LogP contribution in [0.25, 0.3) is 11.5 Å². The summed E-state index contributed by atoms with van der Waals surface area (Å²) in [5, 5.41) is 11.0. The number of para-hydroxylation sites is 1. The molecule has 3 aromatic rings. The van der Waals surface area contributed by atoms with E-state index in [0.717, 1.165) is 11.8 Å². The van der Waals surface area contributed by atoms with E-state index in [2.05, 4.69) is 15.5 Å². The molecule has 2 aromatic carbocycles. The number of thioether (sulfide) groups is 1. The molecule has 0 aliphatic rings. The summed E-state index contributed by atoms with van der Waals surface area (Å²) in [6.45, 7) is 0. The summed E-state index contributed by atoms with van der Waals surface area (Å²) in [6, 6.07) is 13.0. The van der Waals surface area contributed by atoms with E-state index in [1.165, 1.54) is 12.1 Å². The number of amides is 1. The monoisotopic (exact) mass is 363 g/mol. The number of hydrogen-bond donors (Lipinski definition) is 1. The van der Waals surface area contributed by atoms with Crippen LogP contribution in [0.15, 0.2) is 58.2 Å². The summed E-state index contributed by atoms with van der Waals surface area (Å²) in [5.74, 6) is -0.576. The fourth-order valence-corrected chi connectivity index (χ4v) is 2.67. The molecule has 0 spiro atoms. The van der Waals surface area contributed by atoms with Crippen molar-refractivity contribution >= 4 is 35.0 Å². The van der Waals surface area contributed by atoms with Gasteiger partial charge < -0.3 is 9.73 Å². The molecule has 0 radical (unpaired) electrons. The van der Waals surface area contributed by atoms with Crippen molar-refractivity contribution < 1.29 is 13.6 Å². The molecule has 1 amide bonds. The lowest BCUT2D eigenvalue weighted by Gasteiger charge is -2.04. The summed E-state index contributed by atoms with van der Waals surface area (Å²) in [6.07, 6.45) is 0. The van der Waals surface area contributed by atoms with Crippen LogP contribution in [0, 0.1) is 5.82 Å². The summed E-state index contributed by atoms with van der Waals surface area (Å²) >= 11 is 7.12. The maximum atomic E-state index is 13.5. The largest absolute Gasteiger partial charge is 0.411 e. The van der Waals surface area contributed by atoms with Gasteiger partial charge in [-0.3, -0.25) is 4.79 Å². The minimum atomic E-state index is -0.491. The Hall–Kier alpha value is -2.38. The zero-order valence-corrected chi connectivity index (χ0v) is 13.8. The third kappa shape index (κ3) is 3.93. The average molecular weight is 364 g/mol. The van der Waals surface area contributed by atoms with E-state index >= 15 is 0 Å². The summed E-state index contributed by atoms with van der Waals surface area (Å²) in [4.78, 5) is 11.9. The number of halogens is 2. The normalized spacial score (nSPS) is 10.6. The number of carbonyl (C=O) groups excluding carboxylic acids is 1. The van der Waals surface area contributed by atoms with Crippen LogP contribution in [0.2, 0.25) is 5.02 Å². The van der Waals surface area contributed by atoms with Gasteiger partial charge in [-0.25, -0.2) is 4.39 Å². The van der Waals surface area contributed by atoms with E-state index in [0.29, 0.717) is 10.6 Å². The molecule has 0 saturated heterocycles. The Morgan fingerprint density at radius 3 is 2.71 bits per heavy atom. The molecule has 0 fully saturated rings. The number of aromatic nitrogens is 2. The fraction of sp³-hybridized carbons (Fsp3) is 0.0625. The smallest absolute Gasteiger partial charge is 0.277 e. The van der Waals surface area contributed by atoms with Crippen molar-refractivity contribution in [3.8, 4) is 11.5 Å². The third-order valence-corrected chi connectivity index (χ3v) is 4.13. The van der Waals surface area contributed by atoms with Gasteiger partial charge in [0.15, 0.2) is 0 Å². The molecule has 0 aliphatic heterocycles. The molecule has 5 nitrogen and oxygen atoms in total. The number of carbonyl (C=O) groups is 1. The lowest BCUT2D eigenvalue weighted by atomic mass is 10.2. The van der Waals surface area contributed by atoms with Gasteiger partial charge in [0, 0.05) is 0 Å². The molecule has 0 atom stereocenters. The van der Waals surface area contributed by atoms with E-state index in [1.54, 1.807) is 36.4 Å². The molecule has 0 saturated carbocycles. The minimum absolute atomic E-state index is 0.0124. The van der Waals surface area contributed by atoms with E-state index in [-0.39, 0.29) is 28.5 Å². The minimum Gasteiger partial charge on any atom is -0.411 e. The van der Waals surface area contributed by atoms with Gasteiger partial charge in [0.25, 0.3) is 5.22 Å². The Balaban J connectivity index is 1.61. The fourth-order valence-electron chi connectivity index (χ4n) is 1.89. The predicted molar refractivity (Wildman–Crippen MR) is 90.5 cm³/mol. The molecular formula is C16H11ClFN3O2S. The van der Waals surface area contributed by atoms with Gasteiger partial charge >= 0.3 is 0 Å². The average Bonchev–Trinajstić information content (AvgIpc) is 3.04. The van der Waals surface area contributed by atoms with Crippen molar-refractivity contribution in [1.29, 1.82) is 0 Å². The van der Waals surface area contributed by atoms with Gasteiger partial charge in [-0.15, -0.1) is 10.2 Å². The topological polar surface area (TPSA) is 68.0 Å². The van der Waals surface area contributed by atoms with Gasteiger partial charge in [-0.2, -0.15) is 0 Å². The second kappa shape index (κ2) is 7.46. The van der Waals surface area contributed by atoms with Crippen LogP contribution in [0.4, 0.5) is 10.1 Å². The molecular weight excluding hydrogens is 353 g/mol. The molecule has 1 N–H and O–H groups in total. The molecule has 1 heterocycles. The molecule has 24 heavy (non-hydrogen) atoms. The van der Waals surface area contributed by atoms with Crippen LogP contribution in [-0.4, -0.2) is 21.9 Å². The van der Waals surface area contributed by atoms with Crippen molar-refractivity contribution in [2.45, 2.75) is 5.22 Å². The number of benzene rings is 2. The first-order chi connectivity index (χ1) is 11.6. The quantitative estimate of drug-likeness (QED) is 0.686. The van der Waals surface area contributed by atoms with Crippen LogP contribution in [0.5, 0.6) is 0 Å². The van der Waals surface area contributed by atoms with Gasteiger partial charge in [-0.1, -0.05) is 47.6 Å². The summed E-state index contributed by atoms with van der Waals surface area (Å²) in [7, 11) is 0. The van der Waals surface area contributed by atoms with Crippen LogP contribution in [0.3, 0.4) is 0 Å². The lowest BCUT2D eigenvalue weighted by molar-refractivity contribution is -0.113. The molecule has 1 aromatic heterocycles. The van der Waals surface area contributed by atoms with Crippen LogP contribution < -0.4 is 5.32 Å². The molecule has 3 rings (SSSR count). The maximum Gasteiger partial charge on any atom is 0.277 e. The lowest BCUT2D eigenvalue weighted by Crippen LogP contribution is -2.14. The highest BCUT2D eigenvalue weighted by Gasteiger charge is 2.13. The Kier molecular flexibility index (Phi) is 5.12. The van der Waals surface area contributed by atoms with E-state index in [4.69, 9.17) is 16.0 Å². The number of rotatable bonds is 5. The first-order valence-corrected chi connectivity index (χ1v) is 8.25. The van der Waals surface area contributed by atoms with Crippen molar-refractivity contribution in [2.75, 3.05) is 11.1 Å². The van der Waals surface area contributed by atoms with Crippen molar-refractivity contribution in [3.63, 3.8) is 0 Å². The Morgan fingerprint density at radius 1 is 1.17 bits per heavy atom. The van der Waals surface area contributed by atoms with Crippen LogP contribution in [0.1, 0.15) is 0 Å². The second-order valence-corrected chi connectivity index (χ2v) is 6.00. The number of hydrogen-bond acceptors (Lipinski definition) is 5. The van der Waals surface area contributed by atoms with Crippen molar-refractivity contribution in [1.82, 2.24) is 10.2 Å². The highest BCUT2D eigenvalue weighted by Crippen LogP contribution is 2.28. The van der Waals surface area contributed by atoms with Gasteiger partial charge in [0.05, 0.1) is 22.0 Å². The molecule has 122 valence electrons. The highest BCUT2D eigenvalue weighted by atomic mass is 35.5. The highest BCUT2D eigenvalue weighted by molar-refractivity contribution is 7.99. The number of nitrogens with zero attached hydrogens (tertiary/aromatic N) is 2. The zero-order valence-electron chi connectivity index (χ0n) is 12.2. The van der Waals surface area contributed by atoms with Gasteiger partial charge in [0.1, 0.15) is 5.82 Å². The SMILES string of the molecule is O=C(CSc1nnc(-c2ccccc2Cl)o1)Nc1ccccc1F. The van der Waals surface area contributed by atoms with Crippen molar-refractivity contribution in [2.24, 2.45) is 0 Å². The molecule has 0 unspecified atom stereocenters. The predicted octanol–water partition coefficient (Wildman–Crippen LogP) is 4.26. The van der Waals surface area contributed by atoms with E-state index in [9.17, 15) is 9.18 Å². The van der Waals surface area contributed by atoms with Gasteiger partial charge in [0.2, 0.25) is 11.8 Å². The third-order valence-electron chi connectivity index (χ3n) is 2.99. The number of nitrogens with one attached hydrogen (secondary N) is 1. The molecule has 0 bridgehead atoms. The Bertz CT molecular complexity index is 872. The van der Waals surface area contributed by atoms with E-state index in [1.807, 2.05) is 0 Å². The maximum absolute atomic E-state index is 13.5. The Labute approximate surface area is 146 Å². The van der Waals surface area contributed by atoms with Crippen molar-refractivity contribution in [3.05, 3.63) is 59.4 Å². The zero-order chi connectivity index (χ0) is 16.9. The molecule has 8 heteroatoms. The van der Waals surface area contributed by atoms with Crippen LogP contribution >= 0.6 is 23.4 Å². The Morgan fingerprint density at radius 2 is 1.92 bits per heavy atom. The molecule has 0 aliphatic carbocycles. The second-order valence-electron chi connectivity index (χ2n) is 4.67. The summed E-state index contributed by atoms with van der Waals surface area (Å²) < 4.78 is 18.9. The van der Waals surface area contributed by atoms with Crippen LogP contribution in [-0.2, 0) is 4.79 Å². The van der Waals surface area contributed by atoms with E-state index < -0.39 is 5.82 Å². The number of anilines is 1. The van der Waals surface area contributed by atoms with Gasteiger partial charge in [-0.05, 0) is 24.3 Å². The standard InChI is InChI=1S/C16H11ClFN3O2S/c17-11-6-2-1-5-10(11)15-20-21-16(23-15)24-9-14(22)19-13-8-4-3-7-12(13)18/h1-8H,9H2,(H,19,22). The first-order valence-electron chi connectivity index (χ1n) is 6.89. The first kappa shape index (κ1) is 16.5. The summed E-state index contributed by atoms with van der Waals surface area (Å²) in [5.41, 5.74) is 0.750.